The highest BCUT2D eigenvalue weighted by molar-refractivity contribution is 5.81. The number of hydrogen-bond acceptors (Lipinski definition) is 3. The highest BCUT2D eigenvalue weighted by Gasteiger charge is 2.58. The summed E-state index contributed by atoms with van der Waals surface area (Å²) in [6, 6.07) is 0. The van der Waals surface area contributed by atoms with E-state index in [-0.39, 0.29) is 24.0 Å². The molecule has 10 heavy (non-hydrogen) atoms. The topological polar surface area (TPSA) is 61.6 Å². The number of ether oxygens (including phenoxy) is 2. The molecule has 56 valence electrons. The first-order valence-corrected chi connectivity index (χ1v) is 3.33. The smallest absolute Gasteiger partial charge is 0.226 e. The van der Waals surface area contributed by atoms with Gasteiger partial charge in [0.2, 0.25) is 5.91 Å². The molecule has 0 aromatic rings. The average Bonchev–Trinajstić information content (AvgIpc) is 2.60. The van der Waals surface area contributed by atoms with E-state index < -0.39 is 0 Å². The minimum absolute atomic E-state index is 0.0359. The minimum atomic E-state index is -0.308. The Morgan fingerprint density at radius 2 is 1.80 bits per heavy atom. The Hall–Kier alpha value is -0.610. The van der Waals surface area contributed by atoms with Crippen LogP contribution in [0, 0.1) is 5.92 Å². The van der Waals surface area contributed by atoms with Crippen LogP contribution in [0.25, 0.3) is 0 Å². The largest absolute Gasteiger partial charge is 0.372 e. The van der Waals surface area contributed by atoms with Crippen LogP contribution in [0.4, 0.5) is 0 Å². The van der Waals surface area contributed by atoms with Crippen LogP contribution in [0.2, 0.25) is 0 Å². The van der Waals surface area contributed by atoms with Crippen molar-refractivity contribution >= 4 is 5.91 Å². The van der Waals surface area contributed by atoms with E-state index in [1.54, 1.807) is 0 Å². The summed E-state index contributed by atoms with van der Waals surface area (Å²) in [5, 5.41) is 0. The quantitative estimate of drug-likeness (QED) is 0.506. The molecule has 2 fully saturated rings. The highest BCUT2D eigenvalue weighted by Crippen LogP contribution is 2.39. The molecule has 1 saturated heterocycles. The molecule has 1 heterocycles. The molecule has 2 unspecified atom stereocenters. The van der Waals surface area contributed by atoms with Gasteiger partial charge in [0, 0.05) is 0 Å². The van der Waals surface area contributed by atoms with Crippen LogP contribution in [0.1, 0.15) is 0 Å². The lowest BCUT2D eigenvalue weighted by Gasteiger charge is -2.08. The molecule has 2 aliphatic rings. The zero-order chi connectivity index (χ0) is 7.14. The minimum Gasteiger partial charge on any atom is -0.372 e. The van der Waals surface area contributed by atoms with Crippen LogP contribution in [-0.4, -0.2) is 31.3 Å². The fourth-order valence-corrected chi connectivity index (χ4v) is 1.35. The summed E-state index contributed by atoms with van der Waals surface area (Å²) in [5.41, 5.74) is 5.06. The van der Waals surface area contributed by atoms with E-state index in [0.717, 1.165) is 0 Å². The number of hydrogen-bond donors (Lipinski definition) is 1. The van der Waals surface area contributed by atoms with Crippen LogP contribution in [0.15, 0.2) is 0 Å². The van der Waals surface area contributed by atoms with Gasteiger partial charge in [-0.15, -0.1) is 0 Å². The normalized spacial score (nSPS) is 44.2. The van der Waals surface area contributed by atoms with Crippen molar-refractivity contribution in [3.05, 3.63) is 0 Å². The second-order valence-corrected chi connectivity index (χ2v) is 2.60. The summed E-state index contributed by atoms with van der Waals surface area (Å²) in [4.78, 5) is 10.6. The second kappa shape index (κ2) is 1.93. The van der Waals surface area contributed by atoms with Crippen molar-refractivity contribution in [1.29, 1.82) is 0 Å². The number of nitrogens with two attached hydrogens (primary N) is 1. The van der Waals surface area contributed by atoms with Gasteiger partial charge in [-0.3, -0.25) is 4.79 Å². The summed E-state index contributed by atoms with van der Waals surface area (Å²) in [6.07, 6.45) is -0.0718. The highest BCUT2D eigenvalue weighted by atomic mass is 16.6. The van der Waals surface area contributed by atoms with Gasteiger partial charge in [-0.2, -0.15) is 0 Å². The molecule has 1 aliphatic carbocycles. The van der Waals surface area contributed by atoms with Gasteiger partial charge in [-0.05, 0) is 0 Å². The molecule has 2 rings (SSSR count). The van der Waals surface area contributed by atoms with E-state index >= 15 is 0 Å². The first-order chi connectivity index (χ1) is 4.80. The summed E-state index contributed by atoms with van der Waals surface area (Å²) in [7, 11) is 0. The number of fused-ring (bicyclic) bond motifs is 1. The van der Waals surface area contributed by atoms with Crippen LogP contribution in [0.3, 0.4) is 0 Å². The third-order valence-corrected chi connectivity index (χ3v) is 1.92. The number of carbonyl (C=O) groups excluding carboxylic acids is 1. The lowest BCUT2D eigenvalue weighted by atomic mass is 10.4. The van der Waals surface area contributed by atoms with Crippen molar-refractivity contribution in [3.63, 3.8) is 0 Å². The predicted molar refractivity (Wildman–Crippen MR) is 32.2 cm³/mol. The van der Waals surface area contributed by atoms with E-state index in [0.29, 0.717) is 13.2 Å². The summed E-state index contributed by atoms with van der Waals surface area (Å²) in [5.74, 6) is -0.487. The second-order valence-electron chi connectivity index (χ2n) is 2.60. The van der Waals surface area contributed by atoms with E-state index in [1.807, 2.05) is 0 Å². The van der Waals surface area contributed by atoms with Gasteiger partial charge in [-0.25, -0.2) is 0 Å². The van der Waals surface area contributed by atoms with Crippen molar-refractivity contribution in [2.45, 2.75) is 12.2 Å². The summed E-state index contributed by atoms with van der Waals surface area (Å²) >= 11 is 0. The lowest BCUT2D eigenvalue weighted by Crippen LogP contribution is -2.16. The molecule has 0 radical (unpaired) electrons. The van der Waals surface area contributed by atoms with E-state index in [4.69, 9.17) is 15.2 Å². The summed E-state index contributed by atoms with van der Waals surface area (Å²) < 4.78 is 10.4. The molecule has 0 aromatic carbocycles. The van der Waals surface area contributed by atoms with Crippen LogP contribution in [0.5, 0.6) is 0 Å². The van der Waals surface area contributed by atoms with Crippen LogP contribution < -0.4 is 5.73 Å². The Morgan fingerprint density at radius 3 is 2.20 bits per heavy atom. The molecule has 4 nitrogen and oxygen atoms in total. The van der Waals surface area contributed by atoms with Gasteiger partial charge in [0.1, 0.15) is 0 Å². The molecule has 1 amide bonds. The Labute approximate surface area is 58.3 Å². The van der Waals surface area contributed by atoms with Gasteiger partial charge in [-0.1, -0.05) is 0 Å². The van der Waals surface area contributed by atoms with Crippen molar-refractivity contribution < 1.29 is 14.3 Å². The summed E-state index contributed by atoms with van der Waals surface area (Å²) in [6.45, 7) is 1.18. The first kappa shape index (κ1) is 6.12. The first-order valence-electron chi connectivity index (χ1n) is 3.33. The Bertz CT molecular complexity index is 158. The molecular weight excluding hydrogens is 134 g/mol. The number of rotatable bonds is 1. The molecule has 1 saturated carbocycles. The molecule has 0 spiro atoms. The van der Waals surface area contributed by atoms with Crippen molar-refractivity contribution in [3.8, 4) is 0 Å². The third kappa shape index (κ3) is 0.726. The van der Waals surface area contributed by atoms with Crippen LogP contribution >= 0.6 is 0 Å². The Balaban J connectivity index is 1.99. The number of amides is 1. The monoisotopic (exact) mass is 143 g/mol. The zero-order valence-corrected chi connectivity index (χ0v) is 5.45. The standard InChI is InChI=1S/C6H9NO3/c7-6(8)3-4-5(3)10-2-1-9-4/h3-5H,1-2H2,(H2,7,8). The molecular formula is C6H9NO3. The van der Waals surface area contributed by atoms with Gasteiger partial charge >= 0.3 is 0 Å². The van der Waals surface area contributed by atoms with Crippen molar-refractivity contribution in [1.82, 2.24) is 0 Å². The third-order valence-electron chi connectivity index (χ3n) is 1.92. The lowest BCUT2D eigenvalue weighted by molar-refractivity contribution is -0.120. The number of primary amides is 1. The molecule has 2 N–H and O–H groups in total. The van der Waals surface area contributed by atoms with E-state index in [2.05, 4.69) is 0 Å². The van der Waals surface area contributed by atoms with Gasteiger partial charge in [0.15, 0.2) is 0 Å². The fraction of sp³-hybridized carbons (Fsp3) is 0.833. The van der Waals surface area contributed by atoms with E-state index in [9.17, 15) is 4.79 Å². The van der Waals surface area contributed by atoms with Crippen molar-refractivity contribution in [2.24, 2.45) is 11.7 Å². The zero-order valence-electron chi connectivity index (χ0n) is 5.45. The molecule has 0 bridgehead atoms. The Morgan fingerprint density at radius 1 is 1.30 bits per heavy atom. The Kier molecular flexibility index (Phi) is 1.18. The average molecular weight is 143 g/mol. The maximum absolute atomic E-state index is 10.6. The molecule has 4 heteroatoms. The predicted octanol–water partition coefficient (Wildman–Crippen LogP) is -1.11. The van der Waals surface area contributed by atoms with Crippen LogP contribution in [-0.2, 0) is 14.3 Å². The molecule has 1 aliphatic heterocycles. The molecule has 2 atom stereocenters. The van der Waals surface area contributed by atoms with E-state index in [1.165, 1.54) is 0 Å². The van der Waals surface area contributed by atoms with Gasteiger partial charge in [0.25, 0.3) is 0 Å². The fourth-order valence-electron chi connectivity index (χ4n) is 1.35. The SMILES string of the molecule is NC(=O)C1C2OCCOC21. The number of carbonyl (C=O) groups is 1. The maximum atomic E-state index is 10.6. The molecule has 0 aromatic heterocycles. The van der Waals surface area contributed by atoms with Gasteiger partial charge in [0.05, 0.1) is 31.3 Å². The van der Waals surface area contributed by atoms with Crippen molar-refractivity contribution in [2.75, 3.05) is 13.2 Å². The maximum Gasteiger partial charge on any atom is 0.226 e. The van der Waals surface area contributed by atoms with Gasteiger partial charge < -0.3 is 15.2 Å².